The molecule has 0 saturated heterocycles. The lowest BCUT2D eigenvalue weighted by molar-refractivity contribution is 0.296. The molecule has 1 aromatic carbocycles. The van der Waals surface area contributed by atoms with Gasteiger partial charge in [-0.3, -0.25) is 0 Å². The van der Waals surface area contributed by atoms with Gasteiger partial charge in [0.25, 0.3) is 0 Å². The third-order valence-corrected chi connectivity index (χ3v) is 3.89. The molecular weight excluding hydrogens is 206 g/mol. The lowest BCUT2D eigenvalue weighted by atomic mass is 9.97. The number of nitrogens with zero attached hydrogens (tertiary/aromatic N) is 1. The van der Waals surface area contributed by atoms with Gasteiger partial charge in [0.15, 0.2) is 0 Å². The number of rotatable bonds is 5. The van der Waals surface area contributed by atoms with Crippen molar-refractivity contribution in [2.45, 2.75) is 33.1 Å². The summed E-state index contributed by atoms with van der Waals surface area (Å²) in [5.74, 6) is 0.631. The second kappa shape index (κ2) is 5.50. The van der Waals surface area contributed by atoms with E-state index in [1.807, 2.05) is 0 Å². The molecule has 1 heteroatoms. The van der Waals surface area contributed by atoms with E-state index in [1.165, 1.54) is 29.7 Å². The molecule has 0 amide bonds. The molecule has 0 aromatic heterocycles. The summed E-state index contributed by atoms with van der Waals surface area (Å²) < 4.78 is 0. The van der Waals surface area contributed by atoms with Crippen LogP contribution in [0, 0.1) is 0 Å². The van der Waals surface area contributed by atoms with E-state index >= 15 is 0 Å². The Hall–Kier alpha value is -1.08. The number of fused-ring (bicyclic) bond motifs is 1. The average molecular weight is 229 g/mol. The van der Waals surface area contributed by atoms with Gasteiger partial charge in [-0.1, -0.05) is 44.2 Å². The topological polar surface area (TPSA) is 3.24 Å². The molecule has 1 aliphatic rings. The first-order valence-electron chi connectivity index (χ1n) is 6.76. The van der Waals surface area contributed by atoms with Gasteiger partial charge < -0.3 is 4.90 Å². The smallest absolute Gasteiger partial charge is 0.00420 e. The zero-order valence-electron chi connectivity index (χ0n) is 11.2. The minimum atomic E-state index is 0.631. The normalized spacial score (nSPS) is 18.4. The third kappa shape index (κ3) is 2.61. The van der Waals surface area contributed by atoms with Crippen LogP contribution in [0.5, 0.6) is 0 Å². The van der Waals surface area contributed by atoms with Crippen molar-refractivity contribution in [2.24, 2.45) is 0 Å². The van der Waals surface area contributed by atoms with Crippen LogP contribution in [0.1, 0.15) is 44.2 Å². The molecule has 1 aliphatic carbocycles. The van der Waals surface area contributed by atoms with Gasteiger partial charge in [0.2, 0.25) is 0 Å². The highest BCUT2D eigenvalue weighted by Gasteiger charge is 2.20. The van der Waals surface area contributed by atoms with Gasteiger partial charge in [-0.15, -0.1) is 0 Å². The number of allylic oxidation sites excluding steroid dienone is 2. The van der Waals surface area contributed by atoms with Crippen LogP contribution in [0.25, 0.3) is 5.57 Å². The quantitative estimate of drug-likeness (QED) is 0.739. The first kappa shape index (κ1) is 12.4. The lowest BCUT2D eigenvalue weighted by Crippen LogP contribution is -2.24. The maximum Gasteiger partial charge on any atom is 0.00420 e. The van der Waals surface area contributed by atoms with Crippen LogP contribution in [0.3, 0.4) is 0 Å². The molecule has 0 heterocycles. The van der Waals surface area contributed by atoms with Crippen LogP contribution in [-0.2, 0) is 0 Å². The molecular formula is C16H23N. The van der Waals surface area contributed by atoms with Gasteiger partial charge in [0.1, 0.15) is 0 Å². The Morgan fingerprint density at radius 3 is 2.53 bits per heavy atom. The number of hydrogen-bond donors (Lipinski definition) is 0. The minimum Gasteiger partial charge on any atom is -0.304 e. The fourth-order valence-electron chi connectivity index (χ4n) is 2.76. The highest BCUT2D eigenvalue weighted by Crippen LogP contribution is 2.37. The van der Waals surface area contributed by atoms with Crippen molar-refractivity contribution >= 4 is 5.57 Å². The van der Waals surface area contributed by atoms with Crippen LogP contribution >= 0.6 is 0 Å². The van der Waals surface area contributed by atoms with Crippen molar-refractivity contribution in [1.82, 2.24) is 4.90 Å². The first-order valence-corrected chi connectivity index (χ1v) is 6.76. The van der Waals surface area contributed by atoms with Crippen molar-refractivity contribution in [1.29, 1.82) is 0 Å². The van der Waals surface area contributed by atoms with Gasteiger partial charge in [0, 0.05) is 5.92 Å². The van der Waals surface area contributed by atoms with Crippen molar-refractivity contribution < 1.29 is 0 Å². The van der Waals surface area contributed by atoms with Crippen LogP contribution in [-0.4, -0.2) is 24.5 Å². The molecule has 1 atom stereocenters. The Bertz CT molecular complexity index is 402. The summed E-state index contributed by atoms with van der Waals surface area (Å²) >= 11 is 0. The van der Waals surface area contributed by atoms with Gasteiger partial charge >= 0.3 is 0 Å². The lowest BCUT2D eigenvalue weighted by Gasteiger charge is -2.20. The van der Waals surface area contributed by atoms with Crippen LogP contribution in [0.15, 0.2) is 30.3 Å². The Kier molecular flexibility index (Phi) is 4.01. The summed E-state index contributed by atoms with van der Waals surface area (Å²) in [6, 6.07) is 8.84. The zero-order chi connectivity index (χ0) is 12.3. The van der Waals surface area contributed by atoms with E-state index in [0.29, 0.717) is 5.92 Å². The van der Waals surface area contributed by atoms with E-state index in [4.69, 9.17) is 0 Å². The van der Waals surface area contributed by atoms with E-state index < -0.39 is 0 Å². The molecule has 0 saturated carbocycles. The van der Waals surface area contributed by atoms with E-state index in [-0.39, 0.29) is 0 Å². The van der Waals surface area contributed by atoms with Crippen molar-refractivity contribution in [2.75, 3.05) is 19.6 Å². The monoisotopic (exact) mass is 229 g/mol. The fourth-order valence-corrected chi connectivity index (χ4v) is 2.76. The van der Waals surface area contributed by atoms with Crippen LogP contribution in [0.2, 0.25) is 0 Å². The van der Waals surface area contributed by atoms with Gasteiger partial charge in [0.05, 0.1) is 0 Å². The predicted octanol–water partition coefficient (Wildman–Crippen LogP) is 3.92. The maximum absolute atomic E-state index is 2.50. The summed E-state index contributed by atoms with van der Waals surface area (Å²) in [7, 11) is 0. The van der Waals surface area contributed by atoms with Crippen LogP contribution in [0.4, 0.5) is 0 Å². The minimum absolute atomic E-state index is 0.631. The molecule has 0 spiro atoms. The van der Waals surface area contributed by atoms with E-state index in [2.05, 4.69) is 56.0 Å². The number of benzene rings is 1. The molecule has 1 nitrogen and oxygen atoms in total. The molecule has 0 N–H and O–H groups in total. The van der Waals surface area contributed by atoms with Crippen molar-refractivity contribution in [3.05, 3.63) is 41.5 Å². The second-order valence-electron chi connectivity index (χ2n) is 4.86. The zero-order valence-corrected chi connectivity index (χ0v) is 11.2. The Labute approximate surface area is 105 Å². The van der Waals surface area contributed by atoms with Gasteiger partial charge in [-0.05, 0) is 49.7 Å². The summed E-state index contributed by atoms with van der Waals surface area (Å²) in [5, 5.41) is 0. The standard InChI is InChI=1S/C16H23N/c1-4-17(5-2)11-10-14-12-13(3)15-8-6-7-9-16(14)15/h6-9,12,14H,4-5,10-11H2,1-3H3. The summed E-state index contributed by atoms with van der Waals surface area (Å²) in [4.78, 5) is 2.50. The van der Waals surface area contributed by atoms with Crippen LogP contribution < -0.4 is 0 Å². The SMILES string of the molecule is CCN(CC)CCC1C=C(C)c2ccccc21. The van der Waals surface area contributed by atoms with E-state index in [1.54, 1.807) is 0 Å². The molecule has 0 radical (unpaired) electrons. The third-order valence-electron chi connectivity index (χ3n) is 3.89. The fraction of sp³-hybridized carbons (Fsp3) is 0.500. The van der Waals surface area contributed by atoms with E-state index in [9.17, 15) is 0 Å². The maximum atomic E-state index is 2.50. The summed E-state index contributed by atoms with van der Waals surface area (Å²) in [6.45, 7) is 10.2. The predicted molar refractivity (Wildman–Crippen MR) is 75.2 cm³/mol. The van der Waals surface area contributed by atoms with Gasteiger partial charge in [-0.2, -0.15) is 0 Å². The second-order valence-corrected chi connectivity index (χ2v) is 4.86. The molecule has 1 unspecified atom stereocenters. The molecule has 92 valence electrons. The highest BCUT2D eigenvalue weighted by atomic mass is 15.1. The molecule has 0 bridgehead atoms. The Morgan fingerprint density at radius 1 is 1.12 bits per heavy atom. The summed E-state index contributed by atoms with van der Waals surface area (Å²) in [6.07, 6.45) is 3.68. The highest BCUT2D eigenvalue weighted by molar-refractivity contribution is 5.73. The van der Waals surface area contributed by atoms with Gasteiger partial charge in [-0.25, -0.2) is 0 Å². The molecule has 0 fully saturated rings. The first-order chi connectivity index (χ1) is 8.26. The number of hydrogen-bond acceptors (Lipinski definition) is 1. The van der Waals surface area contributed by atoms with Crippen molar-refractivity contribution in [3.63, 3.8) is 0 Å². The largest absolute Gasteiger partial charge is 0.304 e. The molecule has 0 aliphatic heterocycles. The Balaban J connectivity index is 2.05. The molecule has 1 aromatic rings. The summed E-state index contributed by atoms with van der Waals surface area (Å²) in [5.41, 5.74) is 4.43. The average Bonchev–Trinajstić information content (AvgIpc) is 2.69. The molecule has 17 heavy (non-hydrogen) atoms. The van der Waals surface area contributed by atoms with Crippen molar-refractivity contribution in [3.8, 4) is 0 Å². The Morgan fingerprint density at radius 2 is 1.82 bits per heavy atom. The van der Waals surface area contributed by atoms with E-state index in [0.717, 1.165) is 13.1 Å². The molecule has 2 rings (SSSR count).